The molecule has 0 saturated carbocycles. The highest BCUT2D eigenvalue weighted by molar-refractivity contribution is 8.17. The largest absolute Gasteiger partial charge is 0.276 e. The molecule has 0 aliphatic carbocycles. The van der Waals surface area contributed by atoms with Gasteiger partial charge in [-0.25, -0.2) is 0 Å². The second-order valence-electron chi connectivity index (χ2n) is 4.66. The molecule has 0 atom stereocenters. The Hall–Kier alpha value is -1.71. The van der Waals surface area contributed by atoms with Crippen molar-refractivity contribution in [2.24, 2.45) is 5.10 Å². The van der Waals surface area contributed by atoms with Crippen LogP contribution in [0.3, 0.4) is 0 Å². The van der Waals surface area contributed by atoms with E-state index in [0.717, 1.165) is 33.3 Å². The van der Waals surface area contributed by atoms with E-state index in [2.05, 4.69) is 29.6 Å². The van der Waals surface area contributed by atoms with Crippen LogP contribution in [0.1, 0.15) is 24.5 Å². The number of hydrogen-bond acceptors (Lipinski definition) is 3. The van der Waals surface area contributed by atoms with E-state index in [4.69, 9.17) is 11.6 Å². The van der Waals surface area contributed by atoms with Crippen LogP contribution in [0.4, 0.5) is 0 Å². The molecule has 106 valence electrons. The van der Waals surface area contributed by atoms with Crippen molar-refractivity contribution in [3.05, 3.63) is 75.7 Å². The lowest BCUT2D eigenvalue weighted by molar-refractivity contribution is 0.976. The van der Waals surface area contributed by atoms with E-state index >= 15 is 0 Å². The summed E-state index contributed by atoms with van der Waals surface area (Å²) in [5, 5.41) is 6.27. The van der Waals surface area contributed by atoms with Crippen LogP contribution in [0, 0.1) is 0 Å². The number of allylic oxidation sites excluding steroid dienone is 1. The molecule has 0 spiro atoms. The van der Waals surface area contributed by atoms with Crippen molar-refractivity contribution >= 4 is 34.1 Å². The van der Waals surface area contributed by atoms with Gasteiger partial charge in [-0.1, -0.05) is 72.8 Å². The van der Waals surface area contributed by atoms with Crippen LogP contribution in [0.15, 0.2) is 64.6 Å². The number of hydrogen-bond donors (Lipinski definition) is 1. The van der Waals surface area contributed by atoms with E-state index in [1.807, 2.05) is 42.5 Å². The predicted octanol–water partition coefficient (Wildman–Crippen LogP) is 5.12. The van der Waals surface area contributed by atoms with Crippen LogP contribution in [0.25, 0.3) is 5.70 Å². The second kappa shape index (κ2) is 6.37. The third-order valence-corrected chi connectivity index (χ3v) is 4.75. The zero-order valence-corrected chi connectivity index (χ0v) is 13.2. The molecule has 1 heterocycles. The molecule has 0 amide bonds. The highest BCUT2D eigenvalue weighted by Crippen LogP contribution is 2.34. The van der Waals surface area contributed by atoms with Crippen LogP contribution in [-0.2, 0) is 0 Å². The summed E-state index contributed by atoms with van der Waals surface area (Å²) in [5.74, 6) is 0. The summed E-state index contributed by atoms with van der Waals surface area (Å²) in [7, 11) is 0. The fourth-order valence-corrected chi connectivity index (χ4v) is 3.27. The van der Waals surface area contributed by atoms with Crippen molar-refractivity contribution in [2.45, 2.75) is 13.3 Å². The van der Waals surface area contributed by atoms with E-state index in [0.29, 0.717) is 0 Å². The molecule has 0 radical (unpaired) electrons. The summed E-state index contributed by atoms with van der Waals surface area (Å²) in [6, 6.07) is 18.1. The van der Waals surface area contributed by atoms with Gasteiger partial charge in [-0.15, -0.1) is 0 Å². The molecule has 2 aromatic rings. The van der Waals surface area contributed by atoms with Crippen molar-refractivity contribution in [3.8, 4) is 0 Å². The minimum absolute atomic E-state index is 0.745. The van der Waals surface area contributed by atoms with Gasteiger partial charge in [-0.3, -0.25) is 5.43 Å². The van der Waals surface area contributed by atoms with E-state index in [-0.39, 0.29) is 0 Å². The van der Waals surface area contributed by atoms with E-state index in [1.165, 1.54) is 4.91 Å². The maximum Gasteiger partial charge on any atom is 0.128 e. The Labute approximate surface area is 133 Å². The van der Waals surface area contributed by atoms with Gasteiger partial charge in [0.05, 0.1) is 5.70 Å². The zero-order valence-electron chi connectivity index (χ0n) is 11.6. The van der Waals surface area contributed by atoms with Crippen molar-refractivity contribution < 1.29 is 0 Å². The predicted molar refractivity (Wildman–Crippen MR) is 92.4 cm³/mol. The Morgan fingerprint density at radius 3 is 2.38 bits per heavy atom. The zero-order chi connectivity index (χ0) is 14.7. The van der Waals surface area contributed by atoms with Crippen molar-refractivity contribution in [2.75, 3.05) is 0 Å². The standard InChI is InChI=1S/C17H15ClN2S/c1-2-15-16(12-8-10-14(18)11-9-12)19-20-17(21-15)13-6-4-3-5-7-13/h3-11,19H,2H2,1H3. The third kappa shape index (κ3) is 3.14. The summed E-state index contributed by atoms with van der Waals surface area (Å²) < 4.78 is 0. The molecule has 0 aromatic heterocycles. The van der Waals surface area contributed by atoms with Crippen LogP contribution in [0.2, 0.25) is 5.02 Å². The molecule has 21 heavy (non-hydrogen) atoms. The average Bonchev–Trinajstić information content (AvgIpc) is 2.56. The molecule has 0 unspecified atom stereocenters. The van der Waals surface area contributed by atoms with Gasteiger partial charge < -0.3 is 0 Å². The van der Waals surface area contributed by atoms with Crippen LogP contribution >= 0.6 is 23.4 Å². The van der Waals surface area contributed by atoms with E-state index in [9.17, 15) is 0 Å². The van der Waals surface area contributed by atoms with Gasteiger partial charge in [0, 0.05) is 21.1 Å². The number of hydrazone groups is 1. The molecule has 2 aromatic carbocycles. The topological polar surface area (TPSA) is 24.4 Å². The lowest BCUT2D eigenvalue weighted by Gasteiger charge is -2.20. The van der Waals surface area contributed by atoms with Gasteiger partial charge in [0.1, 0.15) is 5.04 Å². The first-order valence-corrected chi connectivity index (χ1v) is 8.03. The third-order valence-electron chi connectivity index (χ3n) is 3.24. The maximum atomic E-state index is 5.95. The molecule has 3 rings (SSSR count). The lowest BCUT2D eigenvalue weighted by atomic mass is 10.1. The molecular weight excluding hydrogens is 300 g/mol. The van der Waals surface area contributed by atoms with Gasteiger partial charge in [-0.05, 0) is 18.6 Å². The average molecular weight is 315 g/mol. The highest BCUT2D eigenvalue weighted by atomic mass is 35.5. The lowest BCUT2D eigenvalue weighted by Crippen LogP contribution is -2.15. The van der Waals surface area contributed by atoms with Crippen molar-refractivity contribution in [3.63, 3.8) is 0 Å². The fraction of sp³-hybridized carbons (Fsp3) is 0.118. The first kappa shape index (κ1) is 14.2. The summed E-state index contributed by atoms with van der Waals surface area (Å²) in [5.41, 5.74) is 6.52. The number of benzene rings is 2. The molecule has 4 heteroatoms. The molecule has 1 N–H and O–H groups in total. The Balaban J connectivity index is 1.90. The summed E-state index contributed by atoms with van der Waals surface area (Å²) >= 11 is 7.68. The SMILES string of the molecule is CCC1=C(c2ccc(Cl)cc2)NN=C(c2ccccc2)S1. The maximum absolute atomic E-state index is 5.95. The highest BCUT2D eigenvalue weighted by Gasteiger charge is 2.17. The molecular formula is C17H15ClN2S. The van der Waals surface area contributed by atoms with E-state index in [1.54, 1.807) is 11.8 Å². The second-order valence-corrected chi connectivity index (χ2v) is 6.18. The van der Waals surface area contributed by atoms with Crippen LogP contribution in [0.5, 0.6) is 0 Å². The van der Waals surface area contributed by atoms with Crippen molar-refractivity contribution in [1.29, 1.82) is 0 Å². The number of nitrogens with one attached hydrogen (secondary N) is 1. The van der Waals surface area contributed by atoms with Gasteiger partial charge in [-0.2, -0.15) is 5.10 Å². The summed E-state index contributed by atoms with van der Waals surface area (Å²) in [6.45, 7) is 2.16. The number of thioether (sulfide) groups is 1. The Morgan fingerprint density at radius 2 is 1.71 bits per heavy atom. The Kier molecular flexibility index (Phi) is 4.32. The minimum atomic E-state index is 0.745. The van der Waals surface area contributed by atoms with Gasteiger partial charge in [0.25, 0.3) is 0 Å². The number of halogens is 1. The molecule has 1 aliphatic rings. The first-order chi connectivity index (χ1) is 10.3. The van der Waals surface area contributed by atoms with E-state index < -0.39 is 0 Å². The van der Waals surface area contributed by atoms with Gasteiger partial charge in [0.15, 0.2) is 0 Å². The number of nitrogens with zero attached hydrogens (tertiary/aromatic N) is 1. The molecule has 2 nitrogen and oxygen atoms in total. The monoisotopic (exact) mass is 314 g/mol. The molecule has 0 saturated heterocycles. The Bertz CT molecular complexity index is 690. The van der Waals surface area contributed by atoms with Crippen molar-refractivity contribution in [1.82, 2.24) is 5.43 Å². The van der Waals surface area contributed by atoms with Gasteiger partial charge >= 0.3 is 0 Å². The molecule has 1 aliphatic heterocycles. The summed E-state index contributed by atoms with van der Waals surface area (Å²) in [6.07, 6.45) is 0.960. The minimum Gasteiger partial charge on any atom is -0.276 e. The number of rotatable bonds is 3. The van der Waals surface area contributed by atoms with Crippen LogP contribution < -0.4 is 5.43 Å². The summed E-state index contributed by atoms with van der Waals surface area (Å²) in [4.78, 5) is 1.28. The van der Waals surface area contributed by atoms with Crippen LogP contribution in [-0.4, -0.2) is 5.04 Å². The normalized spacial score (nSPS) is 14.7. The molecule has 0 bridgehead atoms. The quantitative estimate of drug-likeness (QED) is 0.850. The smallest absolute Gasteiger partial charge is 0.128 e. The molecule has 0 fully saturated rings. The fourth-order valence-electron chi connectivity index (χ4n) is 2.15. The van der Waals surface area contributed by atoms with Gasteiger partial charge in [0.2, 0.25) is 0 Å². The Morgan fingerprint density at radius 1 is 1.00 bits per heavy atom. The first-order valence-electron chi connectivity index (χ1n) is 6.84.